The number of hydrogen-bond donors (Lipinski definition) is 2. The number of aryl methyl sites for hydroxylation is 1. The number of hydrogen-bond acceptors (Lipinski definition) is 3. The molecule has 2 N–H and O–H groups in total. The number of aliphatic hydroxyl groups is 2. The van der Waals surface area contributed by atoms with Gasteiger partial charge in [0.2, 0.25) is 0 Å². The summed E-state index contributed by atoms with van der Waals surface area (Å²) in [5.41, 5.74) is 4.41. The summed E-state index contributed by atoms with van der Waals surface area (Å²) in [6, 6.07) is 1.88. The lowest BCUT2D eigenvalue weighted by molar-refractivity contribution is 0.0929. The maximum absolute atomic E-state index is 11.7. The molecular formula is C13H16O3. The normalized spacial score (nSPS) is 19.0. The van der Waals surface area contributed by atoms with Gasteiger partial charge in [0.15, 0.2) is 5.78 Å². The van der Waals surface area contributed by atoms with Gasteiger partial charge in [-0.05, 0) is 42.5 Å². The van der Waals surface area contributed by atoms with Gasteiger partial charge in [-0.3, -0.25) is 4.79 Å². The fraction of sp³-hybridized carbons (Fsp3) is 0.462. The molecule has 0 spiro atoms. The number of fused-ring (bicyclic) bond motifs is 1. The first-order valence-corrected chi connectivity index (χ1v) is 5.51. The van der Waals surface area contributed by atoms with Crippen molar-refractivity contribution in [3.8, 4) is 0 Å². The summed E-state index contributed by atoms with van der Waals surface area (Å²) in [5.74, 6) is 0.0131. The molecule has 16 heavy (non-hydrogen) atoms. The van der Waals surface area contributed by atoms with Gasteiger partial charge < -0.3 is 10.2 Å². The highest BCUT2D eigenvalue weighted by atomic mass is 16.3. The Morgan fingerprint density at radius 3 is 2.75 bits per heavy atom. The van der Waals surface area contributed by atoms with Crippen LogP contribution in [0.3, 0.4) is 0 Å². The van der Waals surface area contributed by atoms with Gasteiger partial charge in [0.25, 0.3) is 0 Å². The predicted octanol–water partition coefficient (Wildman–Crippen LogP) is 1.46. The van der Waals surface area contributed by atoms with E-state index < -0.39 is 6.10 Å². The van der Waals surface area contributed by atoms with E-state index in [1.165, 1.54) is 0 Å². The molecule has 2 rings (SSSR count). The van der Waals surface area contributed by atoms with Gasteiger partial charge in [-0.1, -0.05) is 6.07 Å². The van der Waals surface area contributed by atoms with E-state index in [1.807, 2.05) is 19.9 Å². The van der Waals surface area contributed by atoms with Crippen LogP contribution in [-0.2, 0) is 6.42 Å². The van der Waals surface area contributed by atoms with Crippen LogP contribution in [0.5, 0.6) is 0 Å². The van der Waals surface area contributed by atoms with Gasteiger partial charge in [0.1, 0.15) is 0 Å². The lowest BCUT2D eigenvalue weighted by Gasteiger charge is -2.13. The van der Waals surface area contributed by atoms with Crippen LogP contribution in [0.15, 0.2) is 6.07 Å². The second-order valence-electron chi connectivity index (χ2n) is 4.38. The molecule has 1 unspecified atom stereocenters. The lowest BCUT2D eigenvalue weighted by atomic mass is 9.92. The van der Waals surface area contributed by atoms with Crippen molar-refractivity contribution < 1.29 is 15.0 Å². The van der Waals surface area contributed by atoms with Crippen LogP contribution in [-0.4, -0.2) is 22.6 Å². The molecule has 1 atom stereocenters. The average Bonchev–Trinajstić information content (AvgIpc) is 2.49. The Kier molecular flexibility index (Phi) is 2.82. The molecule has 1 aromatic rings. The maximum Gasteiger partial charge on any atom is 0.166 e. The average molecular weight is 220 g/mol. The number of Topliss-reactive ketones (excluding diaryl/α,β-unsaturated/α-hetero) is 1. The minimum absolute atomic E-state index is 0.0131. The van der Waals surface area contributed by atoms with E-state index in [-0.39, 0.29) is 18.8 Å². The van der Waals surface area contributed by atoms with Crippen molar-refractivity contribution in [1.82, 2.24) is 0 Å². The Morgan fingerprint density at radius 1 is 1.44 bits per heavy atom. The van der Waals surface area contributed by atoms with Crippen LogP contribution in [0.4, 0.5) is 0 Å². The first kappa shape index (κ1) is 11.3. The van der Waals surface area contributed by atoms with Crippen molar-refractivity contribution in [2.45, 2.75) is 32.8 Å². The molecule has 86 valence electrons. The van der Waals surface area contributed by atoms with Gasteiger partial charge in [-0.25, -0.2) is 0 Å². The number of benzene rings is 1. The zero-order valence-corrected chi connectivity index (χ0v) is 9.58. The molecule has 0 saturated heterocycles. The molecular weight excluding hydrogens is 204 g/mol. The van der Waals surface area contributed by atoms with Crippen molar-refractivity contribution in [3.05, 3.63) is 33.9 Å². The summed E-state index contributed by atoms with van der Waals surface area (Å²) in [7, 11) is 0. The Balaban J connectivity index is 2.63. The minimum Gasteiger partial charge on any atom is -0.396 e. The molecule has 0 fully saturated rings. The van der Waals surface area contributed by atoms with Crippen molar-refractivity contribution in [1.29, 1.82) is 0 Å². The molecule has 0 bridgehead atoms. The SMILES string of the molecule is Cc1cc2c(c(C)c1CCO)C(=O)CC2O. The summed E-state index contributed by atoms with van der Waals surface area (Å²) >= 11 is 0. The second-order valence-corrected chi connectivity index (χ2v) is 4.38. The Labute approximate surface area is 94.7 Å². The van der Waals surface area contributed by atoms with Crippen LogP contribution in [0, 0.1) is 13.8 Å². The van der Waals surface area contributed by atoms with Crippen molar-refractivity contribution in [3.63, 3.8) is 0 Å². The molecule has 1 aromatic carbocycles. The van der Waals surface area contributed by atoms with Gasteiger partial charge >= 0.3 is 0 Å². The molecule has 0 heterocycles. The molecule has 1 aliphatic carbocycles. The molecule has 0 amide bonds. The molecule has 0 aromatic heterocycles. The summed E-state index contributed by atoms with van der Waals surface area (Å²) in [6.45, 7) is 3.93. The van der Waals surface area contributed by atoms with Gasteiger partial charge in [0.05, 0.1) is 6.10 Å². The van der Waals surface area contributed by atoms with E-state index in [0.29, 0.717) is 12.0 Å². The third kappa shape index (κ3) is 1.56. The summed E-state index contributed by atoms with van der Waals surface area (Å²) in [6.07, 6.45) is 0.107. The third-order valence-electron chi connectivity index (χ3n) is 3.34. The molecule has 0 aliphatic heterocycles. The monoisotopic (exact) mass is 220 g/mol. The highest BCUT2D eigenvalue weighted by molar-refractivity contribution is 6.02. The summed E-state index contributed by atoms with van der Waals surface area (Å²) in [5, 5.41) is 18.8. The van der Waals surface area contributed by atoms with Gasteiger partial charge in [-0.15, -0.1) is 0 Å². The molecule has 1 aliphatic rings. The standard InChI is InChI=1S/C13H16O3/c1-7-5-10-11(15)6-12(16)13(10)8(2)9(7)3-4-14/h5,11,14-15H,3-4,6H2,1-2H3. The number of carbonyl (C=O) groups excluding carboxylic acids is 1. The number of aliphatic hydroxyl groups excluding tert-OH is 2. The molecule has 0 radical (unpaired) electrons. The Hall–Kier alpha value is -1.19. The van der Waals surface area contributed by atoms with E-state index in [9.17, 15) is 9.90 Å². The van der Waals surface area contributed by atoms with E-state index >= 15 is 0 Å². The van der Waals surface area contributed by atoms with Crippen LogP contribution in [0.1, 0.15) is 45.1 Å². The Morgan fingerprint density at radius 2 is 2.12 bits per heavy atom. The van der Waals surface area contributed by atoms with E-state index in [0.717, 1.165) is 22.3 Å². The zero-order valence-electron chi connectivity index (χ0n) is 9.58. The highest BCUT2D eigenvalue weighted by Gasteiger charge is 2.30. The third-order valence-corrected chi connectivity index (χ3v) is 3.34. The first-order valence-electron chi connectivity index (χ1n) is 5.51. The number of rotatable bonds is 2. The smallest absolute Gasteiger partial charge is 0.166 e. The molecule has 3 heteroatoms. The van der Waals surface area contributed by atoms with E-state index in [1.54, 1.807) is 0 Å². The highest BCUT2D eigenvalue weighted by Crippen LogP contribution is 2.36. The second kappa shape index (κ2) is 4.00. The first-order chi connectivity index (χ1) is 7.56. The van der Waals surface area contributed by atoms with Crippen LogP contribution in [0.2, 0.25) is 0 Å². The topological polar surface area (TPSA) is 57.5 Å². The van der Waals surface area contributed by atoms with Gasteiger partial charge in [0, 0.05) is 18.6 Å². The Bertz CT molecular complexity index is 449. The molecule has 3 nitrogen and oxygen atoms in total. The fourth-order valence-corrected chi connectivity index (χ4v) is 2.57. The summed E-state index contributed by atoms with van der Waals surface area (Å²) < 4.78 is 0. The van der Waals surface area contributed by atoms with Crippen LogP contribution in [0.25, 0.3) is 0 Å². The van der Waals surface area contributed by atoms with Crippen molar-refractivity contribution in [2.24, 2.45) is 0 Å². The largest absolute Gasteiger partial charge is 0.396 e. The van der Waals surface area contributed by atoms with Crippen molar-refractivity contribution in [2.75, 3.05) is 6.61 Å². The van der Waals surface area contributed by atoms with Crippen molar-refractivity contribution >= 4 is 5.78 Å². The minimum atomic E-state index is -0.650. The van der Waals surface area contributed by atoms with E-state index in [2.05, 4.69) is 0 Å². The number of ketones is 1. The summed E-state index contributed by atoms with van der Waals surface area (Å²) in [4.78, 5) is 11.7. The van der Waals surface area contributed by atoms with Crippen LogP contribution >= 0.6 is 0 Å². The number of carbonyl (C=O) groups is 1. The fourth-order valence-electron chi connectivity index (χ4n) is 2.57. The van der Waals surface area contributed by atoms with Crippen LogP contribution < -0.4 is 0 Å². The molecule has 0 saturated carbocycles. The zero-order chi connectivity index (χ0) is 11.9. The van der Waals surface area contributed by atoms with Gasteiger partial charge in [-0.2, -0.15) is 0 Å². The van der Waals surface area contributed by atoms with E-state index in [4.69, 9.17) is 5.11 Å². The maximum atomic E-state index is 11.7. The predicted molar refractivity (Wildman–Crippen MR) is 60.6 cm³/mol. The lowest BCUT2D eigenvalue weighted by Crippen LogP contribution is -2.04. The quantitative estimate of drug-likeness (QED) is 0.793.